The summed E-state index contributed by atoms with van der Waals surface area (Å²) in [4.78, 5) is 17.7. The molecule has 4 heterocycles. The van der Waals surface area contributed by atoms with Crippen LogP contribution in [0.15, 0.2) is 28.7 Å². The molecule has 2 aliphatic rings. The lowest BCUT2D eigenvalue weighted by atomic mass is 9.97. The number of anilines is 1. The highest BCUT2D eigenvalue weighted by atomic mass is 127. The minimum Gasteiger partial charge on any atom is -0.356 e. The number of aliphatic imine (C=N–C) groups is 1. The van der Waals surface area contributed by atoms with E-state index in [1.165, 1.54) is 24.6 Å². The van der Waals surface area contributed by atoms with Crippen molar-refractivity contribution in [2.24, 2.45) is 10.9 Å². The Balaban J connectivity index is 0.00000289. The first-order chi connectivity index (χ1) is 15.1. The van der Waals surface area contributed by atoms with Crippen LogP contribution in [-0.4, -0.2) is 66.6 Å². The van der Waals surface area contributed by atoms with Crippen molar-refractivity contribution in [3.8, 4) is 0 Å². The Bertz CT molecular complexity index is 885. The fourth-order valence-corrected chi connectivity index (χ4v) is 4.97. The number of thiazole rings is 1. The fourth-order valence-electron chi connectivity index (χ4n) is 4.37. The molecule has 0 aromatic carbocycles. The molecule has 0 amide bonds. The molecular formula is C22H33FIN7S. The van der Waals surface area contributed by atoms with Gasteiger partial charge < -0.3 is 15.5 Å². The minimum atomic E-state index is -0.262. The van der Waals surface area contributed by atoms with Crippen molar-refractivity contribution >= 4 is 47.1 Å². The summed E-state index contributed by atoms with van der Waals surface area (Å²) in [6, 6.07) is 3.32. The monoisotopic (exact) mass is 573 g/mol. The van der Waals surface area contributed by atoms with Crippen LogP contribution in [0.5, 0.6) is 0 Å². The van der Waals surface area contributed by atoms with E-state index in [4.69, 9.17) is 0 Å². The number of aryl methyl sites for hydroxylation is 1. The van der Waals surface area contributed by atoms with Crippen LogP contribution in [0, 0.1) is 18.7 Å². The Morgan fingerprint density at radius 1 is 1.28 bits per heavy atom. The Morgan fingerprint density at radius 3 is 2.78 bits per heavy atom. The Kier molecular flexibility index (Phi) is 9.47. The molecule has 7 nitrogen and oxygen atoms in total. The lowest BCUT2D eigenvalue weighted by molar-refractivity contribution is 0.176. The third-order valence-corrected chi connectivity index (χ3v) is 6.93. The molecule has 2 fully saturated rings. The van der Waals surface area contributed by atoms with Gasteiger partial charge in [0.25, 0.3) is 0 Å². The van der Waals surface area contributed by atoms with Crippen LogP contribution in [0.25, 0.3) is 0 Å². The molecule has 2 aromatic heterocycles. The summed E-state index contributed by atoms with van der Waals surface area (Å²) in [7, 11) is 1.80. The number of pyridine rings is 1. The molecule has 0 spiro atoms. The second-order valence-corrected chi connectivity index (χ2v) is 9.48. The van der Waals surface area contributed by atoms with E-state index in [1.54, 1.807) is 30.6 Å². The molecule has 4 rings (SSSR count). The predicted octanol–water partition coefficient (Wildman–Crippen LogP) is 3.26. The molecule has 176 valence electrons. The van der Waals surface area contributed by atoms with Crippen molar-refractivity contribution in [1.29, 1.82) is 0 Å². The number of piperidine rings is 1. The van der Waals surface area contributed by atoms with Gasteiger partial charge in [0.1, 0.15) is 0 Å². The van der Waals surface area contributed by atoms with Gasteiger partial charge >= 0.3 is 0 Å². The maximum absolute atomic E-state index is 14.0. The molecule has 0 radical (unpaired) electrons. The molecule has 32 heavy (non-hydrogen) atoms. The van der Waals surface area contributed by atoms with Crippen molar-refractivity contribution in [2.45, 2.75) is 38.8 Å². The number of hydrogen-bond donors (Lipinski definition) is 2. The van der Waals surface area contributed by atoms with E-state index in [1.807, 2.05) is 4.90 Å². The van der Waals surface area contributed by atoms with Crippen LogP contribution in [0.2, 0.25) is 0 Å². The lowest BCUT2D eigenvalue weighted by Gasteiger charge is -2.32. The van der Waals surface area contributed by atoms with Crippen LogP contribution in [-0.2, 0) is 6.54 Å². The van der Waals surface area contributed by atoms with Crippen LogP contribution in [0.4, 0.5) is 10.2 Å². The first kappa shape index (κ1) is 25.1. The average Bonchev–Trinajstić information content (AvgIpc) is 3.41. The van der Waals surface area contributed by atoms with Crippen molar-refractivity contribution in [2.75, 3.05) is 44.7 Å². The number of aromatic nitrogens is 2. The fraction of sp³-hybridized carbons (Fsp3) is 0.591. The quantitative estimate of drug-likeness (QED) is 0.314. The van der Waals surface area contributed by atoms with Crippen molar-refractivity contribution in [3.63, 3.8) is 0 Å². The van der Waals surface area contributed by atoms with Gasteiger partial charge in [-0.15, -0.1) is 35.3 Å². The predicted molar refractivity (Wildman–Crippen MR) is 140 cm³/mol. The summed E-state index contributed by atoms with van der Waals surface area (Å²) < 4.78 is 14.0. The van der Waals surface area contributed by atoms with Crippen LogP contribution >= 0.6 is 35.3 Å². The summed E-state index contributed by atoms with van der Waals surface area (Å²) >= 11 is 1.73. The van der Waals surface area contributed by atoms with E-state index in [0.29, 0.717) is 11.7 Å². The second kappa shape index (κ2) is 12.1. The second-order valence-electron chi connectivity index (χ2n) is 8.42. The molecule has 0 aliphatic carbocycles. The van der Waals surface area contributed by atoms with Gasteiger partial charge in [-0.25, -0.2) is 14.4 Å². The number of nitrogens with zero attached hydrogens (tertiary/aromatic N) is 5. The molecule has 1 unspecified atom stereocenters. The summed E-state index contributed by atoms with van der Waals surface area (Å²) in [5.74, 6) is 1.65. The molecule has 2 N–H and O–H groups in total. The van der Waals surface area contributed by atoms with E-state index >= 15 is 0 Å². The van der Waals surface area contributed by atoms with Gasteiger partial charge in [0, 0.05) is 50.8 Å². The molecule has 1 atom stereocenters. The standard InChI is InChI=1S/C22H32FN7S.HI/c1-16-27-19(15-31-16)13-29-9-5-17(6-10-29)12-26-22(24-2)28-18-7-11-30(14-18)21-20(23)4-3-8-25-21;/h3-4,8,15,17-18H,5-7,9-14H2,1-2H3,(H2,24,26,28);1H. The van der Waals surface area contributed by atoms with Gasteiger partial charge in [0.2, 0.25) is 0 Å². The third kappa shape index (κ3) is 6.74. The van der Waals surface area contributed by atoms with Crippen LogP contribution in [0.3, 0.4) is 0 Å². The minimum absolute atomic E-state index is 0. The Hall–Kier alpha value is -1.53. The molecule has 0 bridgehead atoms. The van der Waals surface area contributed by atoms with Gasteiger partial charge in [0.05, 0.1) is 10.7 Å². The zero-order valence-electron chi connectivity index (χ0n) is 18.8. The summed E-state index contributed by atoms with van der Waals surface area (Å²) in [6.07, 6.45) is 4.95. The number of rotatable bonds is 6. The highest BCUT2D eigenvalue weighted by Gasteiger charge is 2.26. The number of likely N-dealkylation sites (tertiary alicyclic amines) is 1. The first-order valence-electron chi connectivity index (χ1n) is 11.1. The normalized spacial score (nSPS) is 20.3. The van der Waals surface area contributed by atoms with Crippen LogP contribution < -0.4 is 15.5 Å². The van der Waals surface area contributed by atoms with E-state index in [2.05, 4.69) is 42.8 Å². The summed E-state index contributed by atoms with van der Waals surface area (Å²) in [5, 5.41) is 10.3. The zero-order chi connectivity index (χ0) is 21.6. The first-order valence-corrected chi connectivity index (χ1v) is 11.9. The Morgan fingerprint density at radius 2 is 2.09 bits per heavy atom. The Labute approximate surface area is 210 Å². The largest absolute Gasteiger partial charge is 0.356 e. The van der Waals surface area contributed by atoms with E-state index < -0.39 is 0 Å². The van der Waals surface area contributed by atoms with E-state index in [-0.39, 0.29) is 35.8 Å². The van der Waals surface area contributed by atoms with E-state index in [9.17, 15) is 4.39 Å². The highest BCUT2D eigenvalue weighted by Crippen LogP contribution is 2.21. The maximum Gasteiger partial charge on any atom is 0.191 e. The lowest BCUT2D eigenvalue weighted by Crippen LogP contribution is -2.47. The van der Waals surface area contributed by atoms with Gasteiger partial charge in [-0.05, 0) is 57.3 Å². The number of guanidine groups is 1. The van der Waals surface area contributed by atoms with Gasteiger partial charge in [0.15, 0.2) is 17.6 Å². The molecule has 2 aromatic rings. The van der Waals surface area contributed by atoms with E-state index in [0.717, 1.165) is 56.7 Å². The number of hydrogen-bond acceptors (Lipinski definition) is 6. The third-order valence-electron chi connectivity index (χ3n) is 6.11. The smallest absolute Gasteiger partial charge is 0.191 e. The topological polar surface area (TPSA) is 68.7 Å². The molecule has 0 saturated carbocycles. The van der Waals surface area contributed by atoms with Gasteiger partial charge in [-0.2, -0.15) is 0 Å². The molecule has 2 saturated heterocycles. The molecule has 2 aliphatic heterocycles. The van der Waals surface area contributed by atoms with Crippen molar-refractivity contribution in [1.82, 2.24) is 25.5 Å². The zero-order valence-corrected chi connectivity index (χ0v) is 21.9. The summed E-state index contributed by atoms with van der Waals surface area (Å²) in [6.45, 7) is 7.69. The van der Waals surface area contributed by atoms with Gasteiger partial charge in [-0.1, -0.05) is 0 Å². The maximum atomic E-state index is 14.0. The number of nitrogens with one attached hydrogen (secondary N) is 2. The number of halogens is 2. The van der Waals surface area contributed by atoms with Crippen molar-refractivity contribution < 1.29 is 4.39 Å². The summed E-state index contributed by atoms with van der Waals surface area (Å²) in [5.41, 5.74) is 1.19. The van der Waals surface area contributed by atoms with Crippen molar-refractivity contribution in [3.05, 3.63) is 40.2 Å². The highest BCUT2D eigenvalue weighted by molar-refractivity contribution is 14.0. The molecule has 10 heteroatoms. The van der Waals surface area contributed by atoms with Crippen LogP contribution in [0.1, 0.15) is 30.0 Å². The SMILES string of the molecule is CN=C(NCC1CCN(Cc2csc(C)n2)CC1)NC1CCN(c2ncccc2F)C1.I. The molecular weight excluding hydrogens is 540 g/mol. The average molecular weight is 574 g/mol. The van der Waals surface area contributed by atoms with Gasteiger partial charge in [-0.3, -0.25) is 9.89 Å².